The van der Waals surface area contributed by atoms with E-state index in [-0.39, 0.29) is 22.2 Å². The number of hydrogen-bond donors (Lipinski definition) is 2. The van der Waals surface area contributed by atoms with Gasteiger partial charge < -0.3 is 10.4 Å². The molecule has 0 aromatic carbocycles. The van der Waals surface area contributed by atoms with E-state index < -0.39 is 0 Å². The topological polar surface area (TPSA) is 54.7 Å². The maximum Gasteiger partial charge on any atom is 0.169 e. The van der Waals surface area contributed by atoms with Crippen molar-refractivity contribution < 1.29 is 19.5 Å². The second kappa shape index (κ2) is 8.37. The largest absolute Gasteiger partial charge is 0.313 e. The fourth-order valence-corrected chi connectivity index (χ4v) is 6.60. The Kier molecular flexibility index (Phi) is 6.21. The third kappa shape index (κ3) is 4.66. The van der Waals surface area contributed by atoms with Gasteiger partial charge in [-0.2, -0.15) is 10.1 Å². The molecular formula is C28H44N4O2+2. The van der Waals surface area contributed by atoms with E-state index in [0.717, 1.165) is 25.7 Å². The maximum absolute atomic E-state index is 10.6. The summed E-state index contributed by atoms with van der Waals surface area (Å²) in [6.45, 7) is 16.9. The second-order valence-corrected chi connectivity index (χ2v) is 13.1. The van der Waals surface area contributed by atoms with Gasteiger partial charge in [0.2, 0.25) is 0 Å². The summed E-state index contributed by atoms with van der Waals surface area (Å²) < 4.78 is 4.60. The van der Waals surface area contributed by atoms with Crippen molar-refractivity contribution in [2.24, 2.45) is 0 Å². The first-order valence-electron chi connectivity index (χ1n) is 12.6. The number of hydroxylamine groups is 4. The minimum atomic E-state index is -0.263. The van der Waals surface area contributed by atoms with Gasteiger partial charge in [0.25, 0.3) is 0 Å². The molecule has 0 saturated carbocycles. The molecule has 0 amide bonds. The second-order valence-electron chi connectivity index (χ2n) is 13.1. The zero-order valence-electron chi connectivity index (χ0n) is 22.3. The first kappa shape index (κ1) is 25.2. The van der Waals surface area contributed by atoms with Gasteiger partial charge in [0.05, 0.1) is 0 Å². The molecule has 186 valence electrons. The minimum Gasteiger partial charge on any atom is -0.313 e. The Balaban J connectivity index is 1.50. The predicted octanol–water partition coefficient (Wildman–Crippen LogP) is 5.10. The Morgan fingerprint density at radius 1 is 0.559 bits per heavy atom. The number of piperidine rings is 2. The first-order chi connectivity index (χ1) is 15.6. The highest BCUT2D eigenvalue weighted by atomic mass is 16.5. The van der Waals surface area contributed by atoms with Crippen LogP contribution in [0, 0.1) is 0 Å². The van der Waals surface area contributed by atoms with Gasteiger partial charge in [-0.3, -0.25) is 0 Å². The third-order valence-corrected chi connectivity index (χ3v) is 8.12. The van der Waals surface area contributed by atoms with Crippen molar-refractivity contribution in [3.63, 3.8) is 0 Å². The predicted molar refractivity (Wildman–Crippen MR) is 132 cm³/mol. The van der Waals surface area contributed by atoms with Crippen molar-refractivity contribution >= 4 is 0 Å². The van der Waals surface area contributed by atoms with Crippen molar-refractivity contribution in [2.45, 2.75) is 115 Å². The fraction of sp³-hybridized carbons (Fsp3) is 0.643. The Morgan fingerprint density at radius 2 is 0.794 bits per heavy atom. The van der Waals surface area contributed by atoms with Gasteiger partial charge in [-0.1, -0.05) is 0 Å². The Hall–Kier alpha value is -1.86. The zero-order chi connectivity index (χ0) is 25.1. The van der Waals surface area contributed by atoms with Gasteiger partial charge in [0, 0.05) is 72.1 Å². The molecule has 0 bridgehead atoms. The van der Waals surface area contributed by atoms with Crippen molar-refractivity contribution in [1.29, 1.82) is 0 Å². The van der Waals surface area contributed by atoms with Crippen LogP contribution in [0.4, 0.5) is 0 Å². The molecule has 0 radical (unpaired) electrons. The summed E-state index contributed by atoms with van der Waals surface area (Å²) in [6, 6.07) is 9.49. The molecule has 2 aliphatic heterocycles. The number of rotatable bonds is 3. The third-order valence-electron chi connectivity index (χ3n) is 8.12. The monoisotopic (exact) mass is 468 g/mol. The van der Waals surface area contributed by atoms with Crippen molar-refractivity contribution in [3.8, 4) is 11.1 Å². The van der Waals surface area contributed by atoms with Gasteiger partial charge in [-0.15, -0.1) is 0 Å². The quantitative estimate of drug-likeness (QED) is 0.616. The molecule has 2 saturated heterocycles. The van der Waals surface area contributed by atoms with Crippen LogP contribution in [0.5, 0.6) is 0 Å². The lowest BCUT2D eigenvalue weighted by molar-refractivity contribution is -0.731. The molecule has 4 rings (SSSR count). The van der Waals surface area contributed by atoms with Crippen LogP contribution in [0.3, 0.4) is 0 Å². The van der Waals surface area contributed by atoms with Crippen LogP contribution in [-0.4, -0.2) is 42.7 Å². The summed E-state index contributed by atoms with van der Waals surface area (Å²) in [7, 11) is 0. The van der Waals surface area contributed by atoms with Crippen LogP contribution in [0.1, 0.15) is 93.2 Å². The lowest BCUT2D eigenvalue weighted by atomic mass is 9.78. The summed E-state index contributed by atoms with van der Waals surface area (Å²) in [6.07, 6.45) is 12.3. The normalized spacial score (nSPS) is 25.4. The summed E-state index contributed by atoms with van der Waals surface area (Å²) in [4.78, 5) is 0. The minimum absolute atomic E-state index is 0.263. The van der Waals surface area contributed by atoms with Gasteiger partial charge >= 0.3 is 0 Å². The lowest BCUT2D eigenvalue weighted by Gasteiger charge is -2.49. The molecule has 0 atom stereocenters. The van der Waals surface area contributed by atoms with Crippen molar-refractivity contribution in [2.75, 3.05) is 0 Å². The van der Waals surface area contributed by atoms with E-state index in [1.165, 1.54) is 21.3 Å². The maximum atomic E-state index is 10.6. The molecule has 6 heteroatoms. The Morgan fingerprint density at radius 3 is 1.03 bits per heavy atom. The van der Waals surface area contributed by atoms with E-state index in [9.17, 15) is 10.4 Å². The number of aromatic nitrogens is 2. The molecule has 0 unspecified atom stereocenters. The van der Waals surface area contributed by atoms with Gasteiger partial charge in [0.15, 0.2) is 36.9 Å². The molecule has 2 N–H and O–H groups in total. The standard InChI is InChI=1S/C28H44N4O2/c1-25(2)17-23(18-26(3,4)31(25)33)29-13-9-21(10-14-29)22-11-15-30(16-12-22)24-19-27(5,6)32(34)28(7,8)20-24/h9-16,23-24,33-34H,17-20H2,1-8H3/q+2. The van der Waals surface area contributed by atoms with Gasteiger partial charge in [0.1, 0.15) is 0 Å². The average molecular weight is 469 g/mol. The SMILES string of the molecule is CC1(C)CC([n+]2ccc(-c3cc[n+](C4CC(C)(C)N(O)C(C)(C)C4)cc3)cc2)CC(C)(C)N1O. The summed E-state index contributed by atoms with van der Waals surface area (Å²) >= 11 is 0. The molecule has 4 heterocycles. The molecule has 0 spiro atoms. The van der Waals surface area contributed by atoms with Crippen LogP contribution in [-0.2, 0) is 0 Å². The number of pyridine rings is 2. The van der Waals surface area contributed by atoms with Crippen LogP contribution in [0.15, 0.2) is 49.1 Å². The Labute approximate surface area is 205 Å². The molecule has 34 heavy (non-hydrogen) atoms. The van der Waals surface area contributed by atoms with E-state index in [2.05, 4.69) is 114 Å². The van der Waals surface area contributed by atoms with Crippen LogP contribution >= 0.6 is 0 Å². The van der Waals surface area contributed by atoms with Crippen LogP contribution in [0.25, 0.3) is 11.1 Å². The van der Waals surface area contributed by atoms with Gasteiger partial charge in [-0.05, 0) is 66.5 Å². The molecule has 2 aromatic rings. The van der Waals surface area contributed by atoms with E-state index >= 15 is 0 Å². The van der Waals surface area contributed by atoms with E-state index in [0.29, 0.717) is 12.1 Å². The van der Waals surface area contributed by atoms with Gasteiger partial charge in [-0.25, -0.2) is 9.13 Å². The molecule has 0 aliphatic carbocycles. The fourth-order valence-electron chi connectivity index (χ4n) is 6.60. The van der Waals surface area contributed by atoms with E-state index in [1.54, 1.807) is 0 Å². The first-order valence-corrected chi connectivity index (χ1v) is 12.6. The molecule has 2 aliphatic rings. The molecule has 6 nitrogen and oxygen atoms in total. The number of nitrogens with zero attached hydrogens (tertiary/aromatic N) is 4. The summed E-state index contributed by atoms with van der Waals surface area (Å²) in [5.74, 6) is 0. The highest BCUT2D eigenvalue weighted by Crippen LogP contribution is 2.41. The highest BCUT2D eigenvalue weighted by molar-refractivity contribution is 5.60. The summed E-state index contributed by atoms with van der Waals surface area (Å²) in [5, 5.41) is 24.3. The average Bonchev–Trinajstić information content (AvgIpc) is 2.75. The number of hydrogen-bond acceptors (Lipinski definition) is 4. The van der Waals surface area contributed by atoms with E-state index in [4.69, 9.17) is 0 Å². The smallest absolute Gasteiger partial charge is 0.169 e. The zero-order valence-corrected chi connectivity index (χ0v) is 22.3. The Bertz CT molecular complexity index is 892. The van der Waals surface area contributed by atoms with Crippen LogP contribution < -0.4 is 9.13 Å². The molecule has 2 fully saturated rings. The summed E-state index contributed by atoms with van der Waals surface area (Å²) in [5.41, 5.74) is 1.35. The lowest BCUT2D eigenvalue weighted by Crippen LogP contribution is -2.62. The van der Waals surface area contributed by atoms with Crippen molar-refractivity contribution in [3.05, 3.63) is 49.1 Å². The molecule has 2 aromatic heterocycles. The highest BCUT2D eigenvalue weighted by Gasteiger charge is 2.49. The van der Waals surface area contributed by atoms with E-state index in [1.807, 2.05) is 0 Å². The molecular weight excluding hydrogens is 424 g/mol. The van der Waals surface area contributed by atoms with Crippen molar-refractivity contribution in [1.82, 2.24) is 10.1 Å². The van der Waals surface area contributed by atoms with Crippen LogP contribution in [0.2, 0.25) is 0 Å².